The van der Waals surface area contributed by atoms with Gasteiger partial charge in [-0.05, 0) is 33.3 Å². The molecule has 2 aromatic rings. The number of aliphatic carboxylic acids is 1. The molecule has 7 heteroatoms. The third kappa shape index (κ3) is 2.22. The minimum Gasteiger partial charge on any atom is -0.481 e. The summed E-state index contributed by atoms with van der Waals surface area (Å²) in [5.74, 6) is -1.52. The molecule has 1 saturated heterocycles. The molecule has 0 bridgehead atoms. The van der Waals surface area contributed by atoms with Crippen LogP contribution in [0.4, 0.5) is 0 Å². The average molecular weight is 302 g/mol. The Morgan fingerprint density at radius 2 is 2.05 bits per heavy atom. The predicted molar refractivity (Wildman–Crippen MR) is 78.8 cm³/mol. The molecule has 0 radical (unpaired) electrons. The van der Waals surface area contributed by atoms with E-state index < -0.39 is 11.9 Å². The Morgan fingerprint density at radius 1 is 1.32 bits per heavy atom. The van der Waals surface area contributed by atoms with Gasteiger partial charge >= 0.3 is 5.97 Å². The number of carboxylic acids is 1. The fourth-order valence-electron chi connectivity index (χ4n) is 2.98. The zero-order valence-electron chi connectivity index (χ0n) is 12.8. The molecular formula is C15H18N4O3. The molecule has 116 valence electrons. The first-order chi connectivity index (χ1) is 10.4. The molecular weight excluding hydrogens is 284 g/mol. The largest absolute Gasteiger partial charge is 0.481 e. The number of hydrogen-bond acceptors (Lipinski definition) is 4. The SMILES string of the molecule is Cc1cc(C)n2nc(C)c(C(=O)N3CC[C@@H](C(=O)O)C3)c2n1. The Hall–Kier alpha value is -2.44. The number of fused-ring (bicyclic) bond motifs is 1. The van der Waals surface area contributed by atoms with Crippen molar-refractivity contribution >= 4 is 17.5 Å². The molecule has 3 rings (SSSR count). The van der Waals surface area contributed by atoms with E-state index in [0.29, 0.717) is 29.9 Å². The van der Waals surface area contributed by atoms with E-state index in [1.807, 2.05) is 19.9 Å². The number of rotatable bonds is 2. The van der Waals surface area contributed by atoms with Crippen molar-refractivity contribution in [3.63, 3.8) is 0 Å². The second-order valence-corrected chi connectivity index (χ2v) is 5.81. The fourth-order valence-corrected chi connectivity index (χ4v) is 2.98. The number of nitrogens with zero attached hydrogens (tertiary/aromatic N) is 4. The predicted octanol–water partition coefficient (Wildman–Crippen LogP) is 1.20. The van der Waals surface area contributed by atoms with Crippen molar-refractivity contribution in [3.8, 4) is 0 Å². The molecule has 0 saturated carbocycles. The number of amides is 1. The third-order valence-corrected chi connectivity index (χ3v) is 4.11. The summed E-state index contributed by atoms with van der Waals surface area (Å²) in [5.41, 5.74) is 3.36. The molecule has 2 aromatic heterocycles. The molecule has 22 heavy (non-hydrogen) atoms. The Morgan fingerprint density at radius 3 is 2.68 bits per heavy atom. The van der Waals surface area contributed by atoms with E-state index in [1.54, 1.807) is 16.3 Å². The Balaban J connectivity index is 2.01. The standard InChI is InChI=1S/C15H18N4O3/c1-8-6-9(2)19-13(16-8)12(10(3)17-19)14(20)18-5-4-11(7-18)15(21)22/h6,11H,4-5,7H2,1-3H3,(H,21,22)/t11-/m1/s1. The van der Waals surface area contributed by atoms with Crippen molar-refractivity contribution in [1.82, 2.24) is 19.5 Å². The summed E-state index contributed by atoms with van der Waals surface area (Å²) in [7, 11) is 0. The van der Waals surface area contributed by atoms with E-state index in [4.69, 9.17) is 5.11 Å². The van der Waals surface area contributed by atoms with Gasteiger partial charge < -0.3 is 10.0 Å². The van der Waals surface area contributed by atoms with Gasteiger partial charge in [-0.25, -0.2) is 9.50 Å². The lowest BCUT2D eigenvalue weighted by atomic mass is 10.1. The van der Waals surface area contributed by atoms with Crippen molar-refractivity contribution in [1.29, 1.82) is 0 Å². The molecule has 1 atom stereocenters. The molecule has 3 heterocycles. The van der Waals surface area contributed by atoms with E-state index in [0.717, 1.165) is 11.4 Å². The van der Waals surface area contributed by atoms with Gasteiger partial charge in [0.2, 0.25) is 0 Å². The van der Waals surface area contributed by atoms with Crippen LogP contribution in [0.3, 0.4) is 0 Å². The zero-order chi connectivity index (χ0) is 16.0. The lowest BCUT2D eigenvalue weighted by molar-refractivity contribution is -0.141. The monoisotopic (exact) mass is 302 g/mol. The molecule has 1 aliphatic heterocycles. The second-order valence-electron chi connectivity index (χ2n) is 5.81. The highest BCUT2D eigenvalue weighted by Gasteiger charge is 2.33. The smallest absolute Gasteiger partial charge is 0.308 e. The van der Waals surface area contributed by atoms with E-state index in [2.05, 4.69) is 10.1 Å². The summed E-state index contributed by atoms with van der Waals surface area (Å²) in [6.07, 6.45) is 0.491. The summed E-state index contributed by atoms with van der Waals surface area (Å²) in [6, 6.07) is 1.91. The second kappa shape index (κ2) is 5.08. The summed E-state index contributed by atoms with van der Waals surface area (Å²) < 4.78 is 1.67. The van der Waals surface area contributed by atoms with Crippen molar-refractivity contribution < 1.29 is 14.7 Å². The lowest BCUT2D eigenvalue weighted by Gasteiger charge is -2.15. The molecule has 7 nitrogen and oxygen atoms in total. The topological polar surface area (TPSA) is 87.8 Å². The highest BCUT2D eigenvalue weighted by Crippen LogP contribution is 2.23. The number of aryl methyl sites for hydroxylation is 3. The van der Waals surface area contributed by atoms with Crippen LogP contribution in [0.2, 0.25) is 0 Å². The normalized spacial score (nSPS) is 18.1. The Labute approximate surface area is 127 Å². The van der Waals surface area contributed by atoms with Crippen LogP contribution in [0.25, 0.3) is 5.65 Å². The Kier molecular flexibility index (Phi) is 3.35. The highest BCUT2D eigenvalue weighted by atomic mass is 16.4. The van der Waals surface area contributed by atoms with Gasteiger partial charge in [-0.1, -0.05) is 0 Å². The van der Waals surface area contributed by atoms with Crippen molar-refractivity contribution in [3.05, 3.63) is 28.7 Å². The van der Waals surface area contributed by atoms with Gasteiger partial charge in [0, 0.05) is 24.5 Å². The van der Waals surface area contributed by atoms with Crippen LogP contribution < -0.4 is 0 Å². The maximum absolute atomic E-state index is 12.8. The van der Waals surface area contributed by atoms with Gasteiger partial charge in [-0.3, -0.25) is 9.59 Å². The van der Waals surface area contributed by atoms with E-state index in [9.17, 15) is 9.59 Å². The zero-order valence-corrected chi connectivity index (χ0v) is 12.8. The first kappa shape index (κ1) is 14.5. The first-order valence-electron chi connectivity index (χ1n) is 7.24. The van der Waals surface area contributed by atoms with E-state index in [-0.39, 0.29) is 12.5 Å². The number of carbonyl (C=O) groups is 2. The number of carbonyl (C=O) groups excluding carboxylic acids is 1. The minimum atomic E-state index is -0.850. The molecule has 0 aromatic carbocycles. The van der Waals surface area contributed by atoms with Gasteiger partial charge in [0.15, 0.2) is 5.65 Å². The van der Waals surface area contributed by atoms with Crippen LogP contribution in [0.1, 0.15) is 33.9 Å². The highest BCUT2D eigenvalue weighted by molar-refractivity contribution is 6.01. The molecule has 1 aliphatic rings. The average Bonchev–Trinajstić information content (AvgIpc) is 3.03. The van der Waals surface area contributed by atoms with Crippen LogP contribution in [0.15, 0.2) is 6.07 Å². The van der Waals surface area contributed by atoms with Gasteiger partial charge in [0.25, 0.3) is 5.91 Å². The summed E-state index contributed by atoms with van der Waals surface area (Å²) in [4.78, 5) is 29.9. The molecule has 1 amide bonds. The molecule has 0 unspecified atom stereocenters. The van der Waals surface area contributed by atoms with Crippen molar-refractivity contribution in [2.45, 2.75) is 27.2 Å². The van der Waals surface area contributed by atoms with Gasteiger partial charge in [-0.15, -0.1) is 0 Å². The number of hydrogen-bond donors (Lipinski definition) is 1. The molecule has 1 fully saturated rings. The number of carboxylic acid groups (broad SMARTS) is 1. The van der Waals surface area contributed by atoms with E-state index >= 15 is 0 Å². The summed E-state index contributed by atoms with van der Waals surface area (Å²) >= 11 is 0. The van der Waals surface area contributed by atoms with Gasteiger partial charge in [0.1, 0.15) is 5.56 Å². The van der Waals surface area contributed by atoms with Crippen LogP contribution >= 0.6 is 0 Å². The fraction of sp³-hybridized carbons (Fsp3) is 0.467. The molecule has 0 spiro atoms. The van der Waals surface area contributed by atoms with Crippen molar-refractivity contribution in [2.75, 3.05) is 13.1 Å². The maximum Gasteiger partial charge on any atom is 0.308 e. The lowest BCUT2D eigenvalue weighted by Crippen LogP contribution is -2.30. The van der Waals surface area contributed by atoms with Gasteiger partial charge in [-0.2, -0.15) is 5.10 Å². The van der Waals surface area contributed by atoms with Crippen LogP contribution in [-0.4, -0.2) is 49.6 Å². The minimum absolute atomic E-state index is 0.186. The summed E-state index contributed by atoms with van der Waals surface area (Å²) in [6.45, 7) is 6.27. The van der Waals surface area contributed by atoms with Crippen LogP contribution in [0.5, 0.6) is 0 Å². The van der Waals surface area contributed by atoms with Gasteiger partial charge in [0.05, 0.1) is 11.6 Å². The van der Waals surface area contributed by atoms with E-state index in [1.165, 1.54) is 0 Å². The first-order valence-corrected chi connectivity index (χ1v) is 7.24. The van der Waals surface area contributed by atoms with Crippen molar-refractivity contribution in [2.24, 2.45) is 5.92 Å². The molecule has 0 aliphatic carbocycles. The Bertz CT molecular complexity index is 781. The quantitative estimate of drug-likeness (QED) is 0.900. The third-order valence-electron chi connectivity index (χ3n) is 4.11. The summed E-state index contributed by atoms with van der Waals surface area (Å²) in [5, 5.41) is 13.5. The van der Waals surface area contributed by atoms with Crippen LogP contribution in [-0.2, 0) is 4.79 Å². The molecule has 1 N–H and O–H groups in total. The maximum atomic E-state index is 12.8. The number of likely N-dealkylation sites (tertiary alicyclic amines) is 1. The number of aromatic nitrogens is 3. The van der Waals surface area contributed by atoms with Crippen LogP contribution in [0, 0.1) is 26.7 Å².